The smallest absolute Gasteiger partial charge is 0.358 e. The molecule has 2 aromatic heterocycles. The Morgan fingerprint density at radius 3 is 2.87 bits per heavy atom. The van der Waals surface area contributed by atoms with Gasteiger partial charge in [-0.3, -0.25) is 14.5 Å². The van der Waals surface area contributed by atoms with Crippen LogP contribution in [0.25, 0.3) is 11.4 Å². The van der Waals surface area contributed by atoms with Crippen LogP contribution in [0.1, 0.15) is 16.9 Å². The second-order valence-electron chi connectivity index (χ2n) is 4.71. The van der Waals surface area contributed by atoms with E-state index in [1.165, 1.54) is 7.11 Å². The van der Waals surface area contributed by atoms with Crippen LogP contribution in [0.15, 0.2) is 30.5 Å². The summed E-state index contributed by atoms with van der Waals surface area (Å²) in [4.78, 5) is 26.9. The third kappa shape index (κ3) is 4.36. The average Bonchev–Trinajstić information content (AvgIpc) is 3.02. The number of carbonyl (C=O) groups excluding carboxylic acids is 2. The lowest BCUT2D eigenvalue weighted by atomic mass is 10.2. The van der Waals surface area contributed by atoms with Crippen molar-refractivity contribution in [3.8, 4) is 11.4 Å². The normalized spacial score (nSPS) is 10.3. The summed E-state index contributed by atoms with van der Waals surface area (Å²) in [6.45, 7) is 0.344. The van der Waals surface area contributed by atoms with Crippen molar-refractivity contribution in [3.05, 3.63) is 36.2 Å². The summed E-state index contributed by atoms with van der Waals surface area (Å²) in [6, 6.07) is 7.09. The maximum absolute atomic E-state index is 11.7. The number of aromatic nitrogens is 3. The van der Waals surface area contributed by atoms with E-state index in [4.69, 9.17) is 9.84 Å². The van der Waals surface area contributed by atoms with E-state index in [0.29, 0.717) is 30.9 Å². The Morgan fingerprint density at radius 1 is 1.39 bits per heavy atom. The van der Waals surface area contributed by atoms with Crippen LogP contribution in [0.4, 0.5) is 0 Å². The number of carbonyl (C=O) groups is 2. The summed E-state index contributed by atoms with van der Waals surface area (Å²) < 4.78 is 6.34. The summed E-state index contributed by atoms with van der Waals surface area (Å²) in [5.74, 6) is -0.944. The predicted molar refractivity (Wildman–Crippen MR) is 81.5 cm³/mol. The number of hydrogen-bond donors (Lipinski definition) is 2. The second kappa shape index (κ2) is 8.04. The van der Waals surface area contributed by atoms with Gasteiger partial charge in [0.25, 0.3) is 0 Å². The number of pyridine rings is 1. The van der Waals surface area contributed by atoms with Crippen molar-refractivity contribution in [1.29, 1.82) is 0 Å². The van der Waals surface area contributed by atoms with Gasteiger partial charge in [-0.15, -0.1) is 0 Å². The monoisotopic (exact) mass is 318 g/mol. The van der Waals surface area contributed by atoms with Crippen LogP contribution in [0.5, 0.6) is 0 Å². The number of aliphatic hydroxyl groups is 1. The molecule has 2 aromatic rings. The summed E-state index contributed by atoms with van der Waals surface area (Å²) >= 11 is 0. The van der Waals surface area contributed by atoms with Gasteiger partial charge >= 0.3 is 5.97 Å². The molecule has 2 rings (SSSR count). The minimum Gasteiger partial charge on any atom is -0.464 e. The topological polar surface area (TPSA) is 106 Å². The van der Waals surface area contributed by atoms with E-state index in [1.807, 2.05) is 12.1 Å². The highest BCUT2D eigenvalue weighted by Gasteiger charge is 2.16. The molecule has 0 atom stereocenters. The Hall–Kier alpha value is -2.74. The van der Waals surface area contributed by atoms with E-state index in [2.05, 4.69) is 15.4 Å². The fourth-order valence-electron chi connectivity index (χ4n) is 2.02. The number of aliphatic hydroxyl groups excluding tert-OH is 1. The molecular formula is C15H18N4O4. The molecule has 0 aromatic carbocycles. The van der Waals surface area contributed by atoms with Crippen LogP contribution in [-0.2, 0) is 16.1 Å². The first-order chi connectivity index (χ1) is 11.2. The van der Waals surface area contributed by atoms with Crippen LogP contribution in [0, 0.1) is 0 Å². The fourth-order valence-corrected chi connectivity index (χ4v) is 2.02. The fraction of sp³-hybridized carbons (Fsp3) is 0.333. The van der Waals surface area contributed by atoms with Gasteiger partial charge in [-0.2, -0.15) is 5.10 Å². The maximum Gasteiger partial charge on any atom is 0.358 e. The van der Waals surface area contributed by atoms with Gasteiger partial charge in [-0.1, -0.05) is 6.07 Å². The molecule has 0 saturated carbocycles. The van der Waals surface area contributed by atoms with Crippen molar-refractivity contribution in [2.24, 2.45) is 0 Å². The Labute approximate surface area is 133 Å². The van der Waals surface area contributed by atoms with Crippen LogP contribution in [0.2, 0.25) is 0 Å². The van der Waals surface area contributed by atoms with Gasteiger partial charge in [0.15, 0.2) is 5.69 Å². The van der Waals surface area contributed by atoms with Crippen LogP contribution in [-0.4, -0.2) is 52.0 Å². The van der Waals surface area contributed by atoms with Crippen LogP contribution < -0.4 is 5.32 Å². The van der Waals surface area contributed by atoms with Gasteiger partial charge in [0.2, 0.25) is 5.91 Å². The summed E-state index contributed by atoms with van der Waals surface area (Å²) in [6.07, 6.45) is 2.25. The first-order valence-corrected chi connectivity index (χ1v) is 7.11. The van der Waals surface area contributed by atoms with E-state index >= 15 is 0 Å². The average molecular weight is 318 g/mol. The van der Waals surface area contributed by atoms with Crippen molar-refractivity contribution in [2.45, 2.75) is 13.0 Å². The largest absolute Gasteiger partial charge is 0.464 e. The number of hydrogen-bond acceptors (Lipinski definition) is 6. The van der Waals surface area contributed by atoms with Gasteiger partial charge in [0.05, 0.1) is 18.5 Å². The molecule has 0 aliphatic carbocycles. The van der Waals surface area contributed by atoms with Crippen LogP contribution >= 0.6 is 0 Å². The van der Waals surface area contributed by atoms with Crippen molar-refractivity contribution >= 4 is 11.9 Å². The van der Waals surface area contributed by atoms with E-state index in [1.54, 1.807) is 23.0 Å². The lowest BCUT2D eigenvalue weighted by Gasteiger charge is -2.07. The highest BCUT2D eigenvalue weighted by molar-refractivity contribution is 5.88. The number of ether oxygens (including phenoxy) is 1. The van der Waals surface area contributed by atoms with Gasteiger partial charge in [0.1, 0.15) is 6.61 Å². The molecule has 122 valence electrons. The molecule has 1 amide bonds. The highest BCUT2D eigenvalue weighted by Crippen LogP contribution is 2.19. The molecule has 0 aliphatic rings. The zero-order chi connectivity index (χ0) is 16.7. The van der Waals surface area contributed by atoms with Crippen molar-refractivity contribution in [1.82, 2.24) is 20.1 Å². The minimum atomic E-state index is -0.534. The zero-order valence-corrected chi connectivity index (χ0v) is 12.7. The number of methoxy groups -OCH3 is 1. The summed E-state index contributed by atoms with van der Waals surface area (Å²) in [7, 11) is 1.30. The Balaban J connectivity index is 2.14. The number of amides is 1. The number of nitrogens with one attached hydrogen (secondary N) is 1. The molecule has 0 fully saturated rings. The molecule has 0 spiro atoms. The first kappa shape index (κ1) is 16.6. The lowest BCUT2D eigenvalue weighted by molar-refractivity contribution is -0.123. The molecule has 2 N–H and O–H groups in total. The van der Waals surface area contributed by atoms with Crippen molar-refractivity contribution in [2.75, 3.05) is 20.3 Å². The molecule has 8 heteroatoms. The molecule has 0 bridgehead atoms. The third-order valence-corrected chi connectivity index (χ3v) is 3.11. The Kier molecular flexibility index (Phi) is 5.81. The standard InChI is InChI=1S/C15H18N4O4/c1-23-15(22)12-9-13(11-5-2-3-6-16-11)19(18-12)8-4-7-17-14(21)10-20/h2-3,5-6,9,20H,4,7-8,10H2,1H3,(H,17,21). The Morgan fingerprint density at radius 2 is 2.22 bits per heavy atom. The highest BCUT2D eigenvalue weighted by atomic mass is 16.5. The first-order valence-electron chi connectivity index (χ1n) is 7.11. The molecule has 2 heterocycles. The SMILES string of the molecule is COC(=O)c1cc(-c2ccccn2)n(CCCNC(=O)CO)n1. The Bertz CT molecular complexity index is 669. The van der Waals surface area contributed by atoms with E-state index in [0.717, 1.165) is 0 Å². The van der Waals surface area contributed by atoms with Gasteiger partial charge in [0, 0.05) is 25.4 Å². The second-order valence-corrected chi connectivity index (χ2v) is 4.71. The number of aryl methyl sites for hydroxylation is 1. The quantitative estimate of drug-likeness (QED) is 0.559. The van der Waals surface area contributed by atoms with Gasteiger partial charge in [-0.05, 0) is 18.6 Å². The zero-order valence-electron chi connectivity index (χ0n) is 12.7. The van der Waals surface area contributed by atoms with Crippen molar-refractivity contribution < 1.29 is 19.4 Å². The number of rotatable bonds is 7. The number of nitrogens with zero attached hydrogens (tertiary/aromatic N) is 3. The predicted octanol–water partition coefficient (Wildman–Crippen LogP) is 0.230. The van der Waals surface area contributed by atoms with E-state index in [-0.39, 0.29) is 5.69 Å². The maximum atomic E-state index is 11.7. The molecule has 0 radical (unpaired) electrons. The van der Waals surface area contributed by atoms with Crippen LogP contribution in [0.3, 0.4) is 0 Å². The van der Waals surface area contributed by atoms with Gasteiger partial charge in [-0.25, -0.2) is 4.79 Å². The molecular weight excluding hydrogens is 300 g/mol. The van der Waals surface area contributed by atoms with Crippen molar-refractivity contribution in [3.63, 3.8) is 0 Å². The molecule has 0 saturated heterocycles. The van der Waals surface area contributed by atoms with E-state index in [9.17, 15) is 9.59 Å². The lowest BCUT2D eigenvalue weighted by Crippen LogP contribution is -2.27. The molecule has 23 heavy (non-hydrogen) atoms. The summed E-state index contributed by atoms with van der Waals surface area (Å²) in [5, 5.41) is 15.4. The van der Waals surface area contributed by atoms with Gasteiger partial charge < -0.3 is 15.2 Å². The molecule has 8 nitrogen and oxygen atoms in total. The number of esters is 1. The molecule has 0 unspecified atom stereocenters. The minimum absolute atomic E-state index is 0.201. The summed E-state index contributed by atoms with van der Waals surface area (Å²) in [5.41, 5.74) is 1.58. The third-order valence-electron chi connectivity index (χ3n) is 3.11. The molecule has 0 aliphatic heterocycles. The van der Waals surface area contributed by atoms with E-state index < -0.39 is 18.5 Å².